The number of aryl methyl sites for hydroxylation is 1. The van der Waals surface area contributed by atoms with Gasteiger partial charge in [-0.15, -0.1) is 11.3 Å². The number of likely N-dealkylation sites (tertiary alicyclic amines) is 2. The van der Waals surface area contributed by atoms with E-state index in [1.165, 1.54) is 4.88 Å². The van der Waals surface area contributed by atoms with Crippen molar-refractivity contribution in [2.24, 2.45) is 0 Å². The molecule has 2 saturated heterocycles. The summed E-state index contributed by atoms with van der Waals surface area (Å²) in [5, 5.41) is 3.13. The fourth-order valence-electron chi connectivity index (χ4n) is 4.69. The van der Waals surface area contributed by atoms with Gasteiger partial charge in [0.15, 0.2) is 0 Å². The van der Waals surface area contributed by atoms with Gasteiger partial charge in [-0.25, -0.2) is 4.98 Å². The average molecular weight is 393 g/mol. The molecule has 2 aliphatic rings. The highest BCUT2D eigenvalue weighted by atomic mass is 32.1. The molecule has 0 N–H and O–H groups in total. The van der Waals surface area contributed by atoms with Crippen molar-refractivity contribution in [1.82, 2.24) is 19.8 Å². The number of benzene rings is 1. The van der Waals surface area contributed by atoms with Crippen LogP contribution in [-0.2, 0) is 6.54 Å². The number of hydrogen-bond donors (Lipinski definition) is 0. The number of amides is 1. The van der Waals surface area contributed by atoms with Crippen molar-refractivity contribution in [3.05, 3.63) is 58.3 Å². The summed E-state index contributed by atoms with van der Waals surface area (Å²) in [6, 6.07) is 9.98. The molecule has 0 saturated carbocycles. The van der Waals surface area contributed by atoms with Crippen molar-refractivity contribution < 1.29 is 4.79 Å². The quantitative estimate of drug-likeness (QED) is 0.679. The summed E-state index contributed by atoms with van der Waals surface area (Å²) in [4.78, 5) is 28.1. The summed E-state index contributed by atoms with van der Waals surface area (Å²) in [6.07, 6.45) is 7.12. The molecule has 2 aromatic heterocycles. The average Bonchev–Trinajstić information content (AvgIpc) is 3.15. The zero-order valence-corrected chi connectivity index (χ0v) is 16.9. The van der Waals surface area contributed by atoms with Gasteiger partial charge in [0.05, 0.1) is 5.01 Å². The molecule has 0 aliphatic carbocycles. The maximum atomic E-state index is 13.3. The van der Waals surface area contributed by atoms with Crippen LogP contribution in [0.3, 0.4) is 0 Å². The monoisotopic (exact) mass is 392 g/mol. The van der Waals surface area contributed by atoms with E-state index in [4.69, 9.17) is 0 Å². The van der Waals surface area contributed by atoms with Crippen molar-refractivity contribution in [2.45, 2.75) is 38.3 Å². The third kappa shape index (κ3) is 3.01. The third-order valence-electron chi connectivity index (χ3n) is 6.25. The van der Waals surface area contributed by atoms with Gasteiger partial charge in [-0.2, -0.15) is 0 Å². The number of rotatable bonds is 3. The first-order chi connectivity index (χ1) is 13.6. The molecule has 1 unspecified atom stereocenters. The Kier molecular flexibility index (Phi) is 4.40. The first-order valence-corrected chi connectivity index (χ1v) is 10.8. The summed E-state index contributed by atoms with van der Waals surface area (Å²) in [7, 11) is 0. The van der Waals surface area contributed by atoms with Gasteiger partial charge in [0.25, 0.3) is 5.91 Å². The van der Waals surface area contributed by atoms with Crippen molar-refractivity contribution >= 4 is 28.0 Å². The van der Waals surface area contributed by atoms with Gasteiger partial charge >= 0.3 is 0 Å². The van der Waals surface area contributed by atoms with E-state index in [1.807, 2.05) is 41.4 Å². The van der Waals surface area contributed by atoms with Crippen LogP contribution in [0.2, 0.25) is 0 Å². The van der Waals surface area contributed by atoms with Crippen molar-refractivity contribution in [1.29, 1.82) is 0 Å². The van der Waals surface area contributed by atoms with Crippen LogP contribution in [0.4, 0.5) is 0 Å². The third-order valence-corrected chi connectivity index (χ3v) is 7.15. The minimum Gasteiger partial charge on any atom is -0.335 e. The van der Waals surface area contributed by atoms with Gasteiger partial charge in [0.1, 0.15) is 5.69 Å². The number of hydrogen-bond acceptors (Lipinski definition) is 5. The first kappa shape index (κ1) is 17.8. The number of thiazole rings is 1. The lowest BCUT2D eigenvalue weighted by molar-refractivity contribution is -0.0643. The molecule has 0 radical (unpaired) electrons. The van der Waals surface area contributed by atoms with Gasteiger partial charge in [0, 0.05) is 54.4 Å². The molecule has 4 heterocycles. The van der Waals surface area contributed by atoms with Gasteiger partial charge in [-0.3, -0.25) is 14.7 Å². The second-order valence-corrected chi connectivity index (χ2v) is 9.27. The molecule has 1 atom stereocenters. The molecule has 2 aliphatic heterocycles. The van der Waals surface area contributed by atoms with E-state index >= 15 is 0 Å². The van der Waals surface area contributed by atoms with Crippen LogP contribution in [0.15, 0.2) is 42.7 Å². The summed E-state index contributed by atoms with van der Waals surface area (Å²) in [5.41, 5.74) is 0.704. The molecule has 5 rings (SSSR count). The minimum absolute atomic E-state index is 0.0661. The maximum absolute atomic E-state index is 13.3. The zero-order chi connectivity index (χ0) is 19.1. The molecule has 1 spiro atoms. The molecular formula is C22H24N4OS. The van der Waals surface area contributed by atoms with Crippen molar-refractivity contribution in [3.63, 3.8) is 0 Å². The number of fused-ring (bicyclic) bond motifs is 1. The number of nitrogens with zero attached hydrogens (tertiary/aromatic N) is 4. The van der Waals surface area contributed by atoms with Crippen LogP contribution in [0.5, 0.6) is 0 Å². The second-order valence-electron chi connectivity index (χ2n) is 7.95. The highest BCUT2D eigenvalue weighted by Crippen LogP contribution is 2.40. The van der Waals surface area contributed by atoms with Crippen LogP contribution in [0.1, 0.15) is 39.6 Å². The molecule has 1 amide bonds. The van der Waals surface area contributed by atoms with E-state index in [2.05, 4.69) is 21.8 Å². The van der Waals surface area contributed by atoms with E-state index in [0.29, 0.717) is 5.69 Å². The Hall–Kier alpha value is -2.31. The van der Waals surface area contributed by atoms with Crippen LogP contribution < -0.4 is 0 Å². The number of pyridine rings is 1. The van der Waals surface area contributed by atoms with E-state index in [1.54, 1.807) is 17.5 Å². The standard InChI is InChI=1S/C22H24N4OS/c1-16-24-13-18(28-16)14-26-12-9-22(26)8-4-11-25(15-22)21(27)20-19-6-3-2-5-17(19)7-10-23-20/h2-3,5-7,10,13H,4,8-9,11-12,14-15H2,1H3. The van der Waals surface area contributed by atoms with Crippen molar-refractivity contribution in [2.75, 3.05) is 19.6 Å². The molecule has 2 fully saturated rings. The van der Waals surface area contributed by atoms with Gasteiger partial charge in [-0.1, -0.05) is 24.3 Å². The number of aromatic nitrogens is 2. The lowest BCUT2D eigenvalue weighted by Gasteiger charge is -2.57. The predicted octanol–water partition coefficient (Wildman–Crippen LogP) is 3.88. The van der Waals surface area contributed by atoms with E-state index in [0.717, 1.165) is 61.2 Å². The summed E-state index contributed by atoms with van der Waals surface area (Å²) < 4.78 is 0. The minimum atomic E-state index is 0.0661. The Morgan fingerprint density at radius 1 is 1.18 bits per heavy atom. The molecule has 3 aromatic rings. The fraction of sp³-hybridized carbons (Fsp3) is 0.409. The van der Waals surface area contributed by atoms with Crippen LogP contribution in [0.25, 0.3) is 10.8 Å². The number of carbonyl (C=O) groups excluding carboxylic acids is 1. The summed E-state index contributed by atoms with van der Waals surface area (Å²) >= 11 is 1.77. The van der Waals surface area contributed by atoms with Crippen LogP contribution >= 0.6 is 11.3 Å². The van der Waals surface area contributed by atoms with E-state index in [9.17, 15) is 4.79 Å². The molecule has 28 heavy (non-hydrogen) atoms. The first-order valence-electron chi connectivity index (χ1n) is 9.94. The highest BCUT2D eigenvalue weighted by molar-refractivity contribution is 7.11. The van der Waals surface area contributed by atoms with Crippen LogP contribution in [-0.4, -0.2) is 50.8 Å². The highest BCUT2D eigenvalue weighted by Gasteiger charge is 2.48. The molecule has 5 nitrogen and oxygen atoms in total. The van der Waals surface area contributed by atoms with Crippen LogP contribution in [0, 0.1) is 6.92 Å². The summed E-state index contributed by atoms with van der Waals surface area (Å²) in [6.45, 7) is 5.72. The number of carbonyl (C=O) groups is 1. The van der Waals surface area contributed by atoms with Crippen molar-refractivity contribution in [3.8, 4) is 0 Å². The Bertz CT molecular complexity index is 1030. The van der Waals surface area contributed by atoms with E-state index < -0.39 is 0 Å². The lowest BCUT2D eigenvalue weighted by atomic mass is 9.77. The normalized spacial score (nSPS) is 22.5. The molecule has 1 aromatic carbocycles. The lowest BCUT2D eigenvalue weighted by Crippen LogP contribution is -2.66. The van der Waals surface area contributed by atoms with Gasteiger partial charge < -0.3 is 4.90 Å². The Balaban J connectivity index is 1.37. The SMILES string of the molecule is Cc1ncc(CN2CCC23CCCN(C(=O)c2nccc4ccccc24)C3)s1. The molecule has 144 valence electrons. The predicted molar refractivity (Wildman–Crippen MR) is 111 cm³/mol. The summed E-state index contributed by atoms with van der Waals surface area (Å²) in [5.74, 6) is 0.0661. The Labute approximate surface area is 169 Å². The van der Waals surface area contributed by atoms with E-state index in [-0.39, 0.29) is 11.4 Å². The zero-order valence-electron chi connectivity index (χ0n) is 16.1. The largest absolute Gasteiger partial charge is 0.335 e. The van der Waals surface area contributed by atoms with Gasteiger partial charge in [-0.05, 0) is 37.6 Å². The second kappa shape index (κ2) is 6.94. The smallest absolute Gasteiger partial charge is 0.273 e. The Morgan fingerprint density at radius 3 is 2.86 bits per heavy atom. The van der Waals surface area contributed by atoms with Gasteiger partial charge in [0.2, 0.25) is 0 Å². The Morgan fingerprint density at radius 2 is 2.07 bits per heavy atom. The maximum Gasteiger partial charge on any atom is 0.273 e. The number of piperidine rings is 1. The topological polar surface area (TPSA) is 49.3 Å². The molecule has 6 heteroatoms. The molecule has 0 bridgehead atoms. The molecular weight excluding hydrogens is 368 g/mol. The fourth-order valence-corrected chi connectivity index (χ4v) is 5.50.